The molecule has 0 amide bonds. The number of hydrogen-bond donors (Lipinski definition) is 0. The van der Waals surface area contributed by atoms with Gasteiger partial charge in [0.15, 0.2) is 5.82 Å². The second-order valence-corrected chi connectivity index (χ2v) is 2.19. The van der Waals surface area contributed by atoms with Crippen molar-refractivity contribution in [3.05, 3.63) is 23.9 Å². The standard InChI is InChI=1S/C7H2F3N2S/c8-7(9,10)5-2-1-3-11-6(5)12-4-13/h2-3H. The van der Waals surface area contributed by atoms with Gasteiger partial charge in [-0.05, 0) is 18.3 Å². The number of nitrogens with zero attached hydrogens (tertiary/aromatic N) is 2. The molecule has 0 saturated heterocycles. The van der Waals surface area contributed by atoms with Crippen LogP contribution in [0.15, 0.2) is 17.3 Å². The summed E-state index contributed by atoms with van der Waals surface area (Å²) in [6.07, 6.45) is -3.41. The number of halogens is 3. The normalized spacial score (nSPS) is 10.7. The van der Waals surface area contributed by atoms with Gasteiger partial charge in [0.1, 0.15) is 5.56 Å². The predicted molar refractivity (Wildman–Crippen MR) is 42.8 cm³/mol. The molecule has 1 heterocycles. The van der Waals surface area contributed by atoms with E-state index in [-0.39, 0.29) is 0 Å². The summed E-state index contributed by atoms with van der Waals surface area (Å²) >= 11 is 4.18. The van der Waals surface area contributed by atoms with Crippen molar-refractivity contribution in [1.29, 1.82) is 0 Å². The van der Waals surface area contributed by atoms with E-state index >= 15 is 0 Å². The van der Waals surface area contributed by atoms with Crippen LogP contribution < -0.4 is 0 Å². The average Bonchev–Trinajstić information content (AvgIpc) is 2.04. The van der Waals surface area contributed by atoms with Crippen molar-refractivity contribution in [1.82, 2.24) is 4.98 Å². The minimum Gasteiger partial charge on any atom is -0.235 e. The molecule has 67 valence electrons. The number of isothiocyanates is 1. The van der Waals surface area contributed by atoms with Crippen LogP contribution in [0.25, 0.3) is 0 Å². The lowest BCUT2D eigenvalue weighted by molar-refractivity contribution is -0.137. The van der Waals surface area contributed by atoms with Gasteiger partial charge in [-0.25, -0.2) is 4.98 Å². The summed E-state index contributed by atoms with van der Waals surface area (Å²) in [5.41, 5.74) is -0.965. The van der Waals surface area contributed by atoms with E-state index < -0.39 is 17.6 Å². The molecule has 0 aliphatic carbocycles. The Labute approximate surface area is 77.1 Å². The molecule has 1 rings (SSSR count). The van der Waals surface area contributed by atoms with E-state index in [0.29, 0.717) is 0 Å². The highest BCUT2D eigenvalue weighted by Crippen LogP contribution is 2.34. The third-order valence-corrected chi connectivity index (χ3v) is 1.28. The molecule has 0 aliphatic rings. The summed E-state index contributed by atoms with van der Waals surface area (Å²) in [7, 11) is 0. The van der Waals surface area contributed by atoms with E-state index in [4.69, 9.17) is 0 Å². The first-order valence-corrected chi connectivity index (χ1v) is 3.47. The largest absolute Gasteiger partial charge is 0.420 e. The van der Waals surface area contributed by atoms with Gasteiger partial charge in [-0.15, -0.1) is 0 Å². The van der Waals surface area contributed by atoms with E-state index in [9.17, 15) is 13.2 Å². The minimum atomic E-state index is -4.49. The lowest BCUT2D eigenvalue weighted by atomic mass is 10.2. The maximum atomic E-state index is 12.2. The average molecular weight is 203 g/mol. The molecule has 0 unspecified atom stereocenters. The van der Waals surface area contributed by atoms with Gasteiger partial charge in [0.25, 0.3) is 0 Å². The molecule has 2 nitrogen and oxygen atoms in total. The highest BCUT2D eigenvalue weighted by Gasteiger charge is 2.34. The van der Waals surface area contributed by atoms with Gasteiger partial charge < -0.3 is 0 Å². The molecule has 0 saturated carbocycles. The SMILES string of the molecule is FC(F)(F)c1c[c]cnc1N=C=S. The number of aromatic nitrogens is 1. The van der Waals surface area contributed by atoms with Gasteiger partial charge in [0, 0.05) is 12.3 Å². The molecule has 0 fully saturated rings. The second-order valence-electron chi connectivity index (χ2n) is 2.01. The van der Waals surface area contributed by atoms with Crippen molar-refractivity contribution < 1.29 is 13.2 Å². The molecular formula is C7H2F3N2S. The third-order valence-electron chi connectivity index (χ3n) is 1.19. The van der Waals surface area contributed by atoms with Crippen molar-refractivity contribution in [2.24, 2.45) is 4.99 Å². The van der Waals surface area contributed by atoms with Gasteiger partial charge in [-0.2, -0.15) is 18.2 Å². The Morgan fingerprint density at radius 1 is 1.54 bits per heavy atom. The molecule has 6 heteroatoms. The minimum absolute atomic E-state index is 0.485. The van der Waals surface area contributed by atoms with Crippen molar-refractivity contribution >= 4 is 23.2 Å². The van der Waals surface area contributed by atoms with Crippen LogP contribution in [0.2, 0.25) is 0 Å². The Bertz CT molecular complexity index is 355. The van der Waals surface area contributed by atoms with Gasteiger partial charge in [0.05, 0.1) is 5.16 Å². The van der Waals surface area contributed by atoms with E-state index in [1.165, 1.54) is 0 Å². The van der Waals surface area contributed by atoms with Gasteiger partial charge in [-0.3, -0.25) is 0 Å². The van der Waals surface area contributed by atoms with Gasteiger partial charge >= 0.3 is 6.18 Å². The summed E-state index contributed by atoms with van der Waals surface area (Å²) in [4.78, 5) is 6.55. The third kappa shape index (κ3) is 2.34. The molecule has 0 aromatic carbocycles. The van der Waals surface area contributed by atoms with Crippen LogP contribution in [0.1, 0.15) is 5.56 Å². The van der Waals surface area contributed by atoms with Crippen LogP contribution in [0, 0.1) is 6.07 Å². The van der Waals surface area contributed by atoms with Crippen LogP contribution >= 0.6 is 12.2 Å². The summed E-state index contributed by atoms with van der Waals surface area (Å²) in [6, 6.07) is 2.98. The van der Waals surface area contributed by atoms with Gasteiger partial charge in [-0.1, -0.05) is 0 Å². The van der Waals surface area contributed by atoms with Gasteiger partial charge in [0.2, 0.25) is 0 Å². The maximum Gasteiger partial charge on any atom is 0.420 e. The summed E-state index contributed by atoms with van der Waals surface area (Å²) in [5.74, 6) is -0.485. The number of aliphatic imine (C=N–C) groups is 1. The highest BCUT2D eigenvalue weighted by molar-refractivity contribution is 7.78. The summed E-state index contributed by atoms with van der Waals surface area (Å²) < 4.78 is 36.6. The lowest BCUT2D eigenvalue weighted by Gasteiger charge is -2.06. The fourth-order valence-corrected chi connectivity index (χ4v) is 0.781. The molecule has 0 bridgehead atoms. The first kappa shape index (κ1) is 9.83. The van der Waals surface area contributed by atoms with E-state index in [1.807, 2.05) is 5.16 Å². The van der Waals surface area contributed by atoms with Crippen molar-refractivity contribution in [3.8, 4) is 0 Å². The van der Waals surface area contributed by atoms with Crippen LogP contribution in [0.4, 0.5) is 19.0 Å². The predicted octanol–water partition coefficient (Wildman–Crippen LogP) is 2.63. The topological polar surface area (TPSA) is 25.2 Å². The van der Waals surface area contributed by atoms with Crippen LogP contribution in [0.3, 0.4) is 0 Å². The Morgan fingerprint density at radius 3 is 2.77 bits per heavy atom. The lowest BCUT2D eigenvalue weighted by Crippen LogP contribution is -2.05. The number of pyridine rings is 1. The number of rotatable bonds is 1. The fourth-order valence-electron chi connectivity index (χ4n) is 0.694. The van der Waals surface area contributed by atoms with Crippen molar-refractivity contribution in [2.75, 3.05) is 0 Å². The van der Waals surface area contributed by atoms with Crippen molar-refractivity contribution in [3.63, 3.8) is 0 Å². The molecular weight excluding hydrogens is 201 g/mol. The molecule has 0 N–H and O–H groups in total. The molecule has 0 aliphatic heterocycles. The highest BCUT2D eigenvalue weighted by atomic mass is 32.1. The summed E-state index contributed by atoms with van der Waals surface area (Å²) in [5, 5.41) is 1.83. The quantitative estimate of drug-likeness (QED) is 0.517. The van der Waals surface area contributed by atoms with E-state index in [2.05, 4.69) is 28.3 Å². The number of alkyl halides is 3. The Morgan fingerprint density at radius 2 is 2.23 bits per heavy atom. The zero-order chi connectivity index (χ0) is 9.90. The van der Waals surface area contributed by atoms with Crippen LogP contribution in [0.5, 0.6) is 0 Å². The summed E-state index contributed by atoms with van der Waals surface area (Å²) in [6.45, 7) is 0. The fraction of sp³-hybridized carbons (Fsp3) is 0.143. The number of hydrogen-bond acceptors (Lipinski definition) is 3. The Kier molecular flexibility index (Phi) is 2.75. The van der Waals surface area contributed by atoms with Crippen molar-refractivity contribution in [2.45, 2.75) is 6.18 Å². The maximum absolute atomic E-state index is 12.2. The monoisotopic (exact) mass is 203 g/mol. The zero-order valence-corrected chi connectivity index (χ0v) is 6.91. The molecule has 0 atom stereocenters. The molecule has 13 heavy (non-hydrogen) atoms. The van der Waals surface area contributed by atoms with Crippen LogP contribution in [-0.2, 0) is 6.18 Å². The van der Waals surface area contributed by atoms with Crippen LogP contribution in [-0.4, -0.2) is 10.1 Å². The zero-order valence-electron chi connectivity index (χ0n) is 6.09. The molecule has 1 aromatic rings. The first-order valence-electron chi connectivity index (χ1n) is 3.07. The Hall–Kier alpha value is -1.26. The Balaban J connectivity index is 3.27. The molecule has 1 aromatic heterocycles. The molecule has 1 radical (unpaired) electrons. The van der Waals surface area contributed by atoms with E-state index in [1.54, 1.807) is 0 Å². The second kappa shape index (κ2) is 3.64. The first-order chi connectivity index (χ1) is 6.05. The smallest absolute Gasteiger partial charge is 0.235 e. The molecule has 0 spiro atoms. The van der Waals surface area contributed by atoms with E-state index in [0.717, 1.165) is 12.3 Å². The number of thiocarbonyl (C=S) groups is 1.